The van der Waals surface area contributed by atoms with Gasteiger partial charge in [-0.1, -0.05) is 43.7 Å². The second-order valence-electron chi connectivity index (χ2n) is 7.84. The number of fused-ring (bicyclic) bond motifs is 1. The number of thiophene rings is 1. The van der Waals surface area contributed by atoms with Gasteiger partial charge < -0.3 is 5.32 Å². The number of hydrogen-bond acceptors (Lipinski definition) is 4. The van der Waals surface area contributed by atoms with Crippen LogP contribution in [0.1, 0.15) is 30.9 Å². The molecule has 1 amide bonds. The third kappa shape index (κ3) is 4.96. The van der Waals surface area contributed by atoms with Crippen molar-refractivity contribution in [2.24, 2.45) is 0 Å². The third-order valence-electron chi connectivity index (χ3n) is 5.48. The van der Waals surface area contributed by atoms with E-state index in [2.05, 4.69) is 12.2 Å². The van der Waals surface area contributed by atoms with Gasteiger partial charge in [-0.25, -0.2) is 9.18 Å². The van der Waals surface area contributed by atoms with Crippen LogP contribution in [-0.4, -0.2) is 15.0 Å². The summed E-state index contributed by atoms with van der Waals surface area (Å²) in [6, 6.07) is 15.3. The SMILES string of the molecule is CCCCc1ccc(NC(=O)Cn2c(=O)n(Cc3ccccc3F)c(=O)c3sccc32)cc1. The van der Waals surface area contributed by atoms with Crippen LogP contribution in [0.4, 0.5) is 10.1 Å². The molecule has 0 aliphatic rings. The van der Waals surface area contributed by atoms with Crippen molar-refractivity contribution in [1.29, 1.82) is 0 Å². The van der Waals surface area contributed by atoms with Crippen molar-refractivity contribution >= 4 is 33.1 Å². The van der Waals surface area contributed by atoms with Crippen molar-refractivity contribution in [2.75, 3.05) is 5.32 Å². The summed E-state index contributed by atoms with van der Waals surface area (Å²) in [6.45, 7) is 1.67. The summed E-state index contributed by atoms with van der Waals surface area (Å²) < 4.78 is 16.7. The topological polar surface area (TPSA) is 73.1 Å². The number of nitrogens with one attached hydrogen (secondary N) is 1. The van der Waals surface area contributed by atoms with Crippen molar-refractivity contribution in [2.45, 2.75) is 39.3 Å². The smallest absolute Gasteiger partial charge is 0.325 e. The van der Waals surface area contributed by atoms with Crippen molar-refractivity contribution in [3.05, 3.63) is 97.8 Å². The number of rotatable bonds is 8. The van der Waals surface area contributed by atoms with Crippen LogP contribution in [-0.2, 0) is 24.3 Å². The summed E-state index contributed by atoms with van der Waals surface area (Å²) >= 11 is 1.19. The Bertz CT molecular complexity index is 1400. The predicted octanol–water partition coefficient (Wildman–Crippen LogP) is 4.39. The van der Waals surface area contributed by atoms with E-state index in [0.29, 0.717) is 15.9 Å². The van der Waals surface area contributed by atoms with Crippen LogP contribution >= 0.6 is 11.3 Å². The molecular weight excluding hydrogens is 441 g/mol. The normalized spacial score (nSPS) is 11.1. The van der Waals surface area contributed by atoms with Gasteiger partial charge in [0.25, 0.3) is 5.56 Å². The van der Waals surface area contributed by atoms with E-state index in [4.69, 9.17) is 0 Å². The Morgan fingerprint density at radius 2 is 1.79 bits per heavy atom. The van der Waals surface area contributed by atoms with Gasteiger partial charge in [0.2, 0.25) is 5.91 Å². The molecule has 0 bridgehead atoms. The fraction of sp³-hybridized carbons (Fsp3) is 0.240. The molecule has 2 heterocycles. The van der Waals surface area contributed by atoms with Crippen LogP contribution in [0.25, 0.3) is 10.2 Å². The van der Waals surface area contributed by atoms with Crippen LogP contribution < -0.4 is 16.6 Å². The summed E-state index contributed by atoms with van der Waals surface area (Å²) in [7, 11) is 0. The molecule has 0 fully saturated rings. The largest absolute Gasteiger partial charge is 0.332 e. The van der Waals surface area contributed by atoms with Crippen LogP contribution in [0.2, 0.25) is 0 Å². The van der Waals surface area contributed by atoms with Gasteiger partial charge in [0.05, 0.1) is 12.1 Å². The summed E-state index contributed by atoms with van der Waals surface area (Å²) in [5.74, 6) is -0.885. The van der Waals surface area contributed by atoms with E-state index in [9.17, 15) is 18.8 Å². The van der Waals surface area contributed by atoms with Gasteiger partial charge in [-0.05, 0) is 48.1 Å². The zero-order valence-corrected chi connectivity index (χ0v) is 19.0. The first-order valence-electron chi connectivity index (χ1n) is 10.8. The lowest BCUT2D eigenvalue weighted by atomic mass is 10.1. The number of nitrogens with zero attached hydrogens (tertiary/aromatic N) is 2. The molecule has 2 aromatic heterocycles. The van der Waals surface area contributed by atoms with Gasteiger partial charge in [-0.2, -0.15) is 0 Å². The lowest BCUT2D eigenvalue weighted by Crippen LogP contribution is -2.41. The minimum absolute atomic E-state index is 0.209. The number of benzene rings is 2. The Labute approximate surface area is 193 Å². The molecule has 33 heavy (non-hydrogen) atoms. The van der Waals surface area contributed by atoms with Crippen LogP contribution in [0.15, 0.2) is 69.6 Å². The predicted molar refractivity (Wildman–Crippen MR) is 130 cm³/mol. The molecule has 0 saturated heterocycles. The molecule has 4 aromatic rings. The zero-order chi connectivity index (χ0) is 23.4. The van der Waals surface area contributed by atoms with E-state index >= 15 is 0 Å². The zero-order valence-electron chi connectivity index (χ0n) is 18.2. The molecule has 8 heteroatoms. The number of halogens is 1. The van der Waals surface area contributed by atoms with Gasteiger partial charge in [0.15, 0.2) is 0 Å². The summed E-state index contributed by atoms with van der Waals surface area (Å²) in [4.78, 5) is 38.8. The fourth-order valence-corrected chi connectivity index (χ4v) is 4.55. The van der Waals surface area contributed by atoms with Gasteiger partial charge in [-0.3, -0.25) is 18.7 Å². The highest BCUT2D eigenvalue weighted by Gasteiger charge is 2.17. The monoisotopic (exact) mass is 465 g/mol. The molecule has 4 rings (SSSR count). The number of anilines is 1. The molecule has 0 spiro atoms. The number of carbonyl (C=O) groups excluding carboxylic acids is 1. The van der Waals surface area contributed by atoms with Gasteiger partial charge >= 0.3 is 5.69 Å². The summed E-state index contributed by atoms with van der Waals surface area (Å²) in [5, 5.41) is 4.50. The van der Waals surface area contributed by atoms with Crippen molar-refractivity contribution in [3.8, 4) is 0 Å². The van der Waals surface area contributed by atoms with E-state index in [0.717, 1.165) is 23.8 Å². The maximum Gasteiger partial charge on any atom is 0.332 e. The van der Waals surface area contributed by atoms with E-state index in [1.165, 1.54) is 33.6 Å². The second-order valence-corrected chi connectivity index (χ2v) is 8.75. The Morgan fingerprint density at radius 3 is 2.52 bits per heavy atom. The van der Waals surface area contributed by atoms with E-state index in [1.54, 1.807) is 23.6 Å². The Morgan fingerprint density at radius 1 is 1.03 bits per heavy atom. The van der Waals surface area contributed by atoms with Crippen molar-refractivity contribution in [3.63, 3.8) is 0 Å². The fourth-order valence-electron chi connectivity index (χ4n) is 3.70. The number of hydrogen-bond donors (Lipinski definition) is 1. The van der Waals surface area contributed by atoms with Crippen LogP contribution in [0, 0.1) is 5.82 Å². The molecule has 0 saturated carbocycles. The molecular formula is C25H24FN3O3S. The van der Waals surface area contributed by atoms with Gasteiger partial charge in [0.1, 0.15) is 17.1 Å². The quantitative estimate of drug-likeness (QED) is 0.419. The van der Waals surface area contributed by atoms with Crippen LogP contribution in [0.3, 0.4) is 0 Å². The number of aromatic nitrogens is 2. The van der Waals surface area contributed by atoms with E-state index < -0.39 is 17.1 Å². The Kier molecular flexibility index (Phi) is 6.84. The number of unbranched alkanes of at least 4 members (excludes halogenated alkanes) is 1. The number of aryl methyl sites for hydroxylation is 1. The molecule has 1 N–H and O–H groups in total. The minimum Gasteiger partial charge on any atom is -0.325 e. The lowest BCUT2D eigenvalue weighted by molar-refractivity contribution is -0.116. The van der Waals surface area contributed by atoms with E-state index in [-0.39, 0.29) is 24.6 Å². The average Bonchev–Trinajstić information content (AvgIpc) is 3.30. The average molecular weight is 466 g/mol. The summed E-state index contributed by atoms with van der Waals surface area (Å²) in [6.07, 6.45) is 3.21. The maximum atomic E-state index is 14.2. The Balaban J connectivity index is 1.61. The highest BCUT2D eigenvalue weighted by molar-refractivity contribution is 7.17. The summed E-state index contributed by atoms with van der Waals surface area (Å²) in [5.41, 5.74) is 1.31. The lowest BCUT2D eigenvalue weighted by Gasteiger charge is -2.13. The molecule has 0 aliphatic heterocycles. The standard InChI is InChI=1S/C25H24FN3O3S/c1-2-3-6-17-9-11-19(12-10-17)27-22(30)16-28-21-13-14-33-23(21)24(31)29(25(28)32)15-18-7-4-5-8-20(18)26/h4-5,7-14H,2-3,6,15-16H2,1H3,(H,27,30). The highest BCUT2D eigenvalue weighted by Crippen LogP contribution is 2.17. The van der Waals surface area contributed by atoms with Gasteiger partial charge in [0, 0.05) is 11.3 Å². The first-order valence-corrected chi connectivity index (χ1v) is 11.7. The molecule has 0 unspecified atom stereocenters. The minimum atomic E-state index is -0.654. The third-order valence-corrected chi connectivity index (χ3v) is 6.37. The van der Waals surface area contributed by atoms with Gasteiger partial charge in [-0.15, -0.1) is 11.3 Å². The first-order chi connectivity index (χ1) is 16.0. The Hall–Kier alpha value is -3.52. The van der Waals surface area contributed by atoms with E-state index in [1.807, 2.05) is 24.3 Å². The highest BCUT2D eigenvalue weighted by atomic mass is 32.1. The molecule has 0 radical (unpaired) electrons. The van der Waals surface area contributed by atoms with Crippen LogP contribution in [0.5, 0.6) is 0 Å². The number of carbonyl (C=O) groups is 1. The first kappa shape index (κ1) is 22.7. The molecule has 170 valence electrons. The molecule has 2 aromatic carbocycles. The molecule has 0 atom stereocenters. The second kappa shape index (κ2) is 9.95. The number of amides is 1. The molecule has 6 nitrogen and oxygen atoms in total. The maximum absolute atomic E-state index is 14.2. The van der Waals surface area contributed by atoms with Crippen molar-refractivity contribution < 1.29 is 9.18 Å². The van der Waals surface area contributed by atoms with Crippen molar-refractivity contribution in [1.82, 2.24) is 9.13 Å². The molecule has 0 aliphatic carbocycles.